The van der Waals surface area contributed by atoms with Crippen molar-refractivity contribution in [2.24, 2.45) is 11.8 Å². The van der Waals surface area contributed by atoms with Crippen LogP contribution in [0.25, 0.3) is 0 Å². The maximum Gasteiger partial charge on any atom is 0.244 e. The van der Waals surface area contributed by atoms with Crippen molar-refractivity contribution in [1.82, 2.24) is 4.90 Å². The fourth-order valence-corrected chi connectivity index (χ4v) is 3.59. The molecule has 1 N–H and O–H groups in total. The monoisotopic (exact) mass is 314 g/mol. The van der Waals surface area contributed by atoms with E-state index in [1.165, 1.54) is 0 Å². The number of nitrogens with zero attached hydrogens (tertiary/aromatic N) is 1. The van der Waals surface area contributed by atoms with Gasteiger partial charge in [0.2, 0.25) is 17.7 Å². The van der Waals surface area contributed by atoms with Crippen LogP contribution in [0.15, 0.2) is 18.2 Å². The van der Waals surface area contributed by atoms with Crippen LogP contribution in [0.5, 0.6) is 0 Å². The number of hydrogen-bond acceptors (Lipinski definition) is 3. The van der Waals surface area contributed by atoms with Crippen LogP contribution in [0.4, 0.5) is 5.69 Å². The summed E-state index contributed by atoms with van der Waals surface area (Å²) in [4.78, 5) is 38.2. The van der Waals surface area contributed by atoms with Gasteiger partial charge in [-0.25, -0.2) is 0 Å². The van der Waals surface area contributed by atoms with E-state index in [9.17, 15) is 14.4 Å². The third-order valence-corrected chi connectivity index (χ3v) is 4.90. The van der Waals surface area contributed by atoms with Gasteiger partial charge in [-0.3, -0.25) is 19.3 Å². The second kappa shape index (κ2) is 6.14. The minimum atomic E-state index is -0.320. The Labute approximate surface area is 136 Å². The van der Waals surface area contributed by atoms with Crippen LogP contribution in [0, 0.1) is 25.7 Å². The van der Waals surface area contributed by atoms with E-state index in [1.54, 1.807) is 0 Å². The number of rotatable bonds is 3. The standard InChI is InChI=1S/C18H22N2O3/c1-11-7-8-12(2)15(9-11)19-16(21)10-20-17(22)13-5-3-4-6-14(13)18(20)23/h7-9,13-14H,3-6,10H2,1-2H3,(H,19,21)/t13-,14-/m1/s1. The summed E-state index contributed by atoms with van der Waals surface area (Å²) in [6.07, 6.45) is 3.51. The van der Waals surface area contributed by atoms with E-state index in [2.05, 4.69) is 5.32 Å². The lowest BCUT2D eigenvalue weighted by atomic mass is 9.81. The molecule has 3 amide bonds. The maximum absolute atomic E-state index is 12.4. The number of carbonyl (C=O) groups is 3. The predicted octanol–water partition coefficient (Wildman–Crippen LogP) is 2.42. The number of benzene rings is 1. The van der Waals surface area contributed by atoms with Gasteiger partial charge in [0.05, 0.1) is 11.8 Å². The number of amides is 3. The van der Waals surface area contributed by atoms with Gasteiger partial charge >= 0.3 is 0 Å². The quantitative estimate of drug-likeness (QED) is 0.871. The third kappa shape index (κ3) is 3.00. The molecule has 1 heterocycles. The van der Waals surface area contributed by atoms with E-state index < -0.39 is 0 Å². The smallest absolute Gasteiger partial charge is 0.244 e. The van der Waals surface area contributed by atoms with Gasteiger partial charge in [-0.1, -0.05) is 25.0 Å². The van der Waals surface area contributed by atoms with Crippen molar-refractivity contribution in [3.8, 4) is 0 Å². The van der Waals surface area contributed by atoms with Crippen LogP contribution in [0.2, 0.25) is 0 Å². The molecular weight excluding hydrogens is 292 g/mol. The molecule has 0 bridgehead atoms. The number of anilines is 1. The van der Waals surface area contributed by atoms with Gasteiger partial charge < -0.3 is 5.32 Å². The lowest BCUT2D eigenvalue weighted by Gasteiger charge is -2.19. The first kappa shape index (κ1) is 15.7. The molecule has 5 nitrogen and oxygen atoms in total. The molecule has 2 atom stereocenters. The largest absolute Gasteiger partial charge is 0.324 e. The maximum atomic E-state index is 12.4. The highest BCUT2D eigenvalue weighted by atomic mass is 16.2. The van der Waals surface area contributed by atoms with Crippen LogP contribution in [0.3, 0.4) is 0 Å². The Kier molecular flexibility index (Phi) is 4.20. The highest BCUT2D eigenvalue weighted by molar-refractivity contribution is 6.08. The van der Waals surface area contributed by atoms with E-state index in [4.69, 9.17) is 0 Å². The summed E-state index contributed by atoms with van der Waals surface area (Å²) in [5.74, 6) is -1.07. The summed E-state index contributed by atoms with van der Waals surface area (Å²) < 4.78 is 0. The Bertz CT molecular complexity index is 644. The molecule has 1 aromatic rings. The predicted molar refractivity (Wildman–Crippen MR) is 86.7 cm³/mol. The summed E-state index contributed by atoms with van der Waals surface area (Å²) in [6.45, 7) is 3.68. The molecule has 1 saturated heterocycles. The summed E-state index contributed by atoms with van der Waals surface area (Å²) in [6, 6.07) is 5.80. The van der Waals surface area contributed by atoms with Crippen LogP contribution >= 0.6 is 0 Å². The van der Waals surface area contributed by atoms with E-state index >= 15 is 0 Å². The molecule has 3 rings (SSSR count). The Balaban J connectivity index is 1.69. The Hall–Kier alpha value is -2.17. The lowest BCUT2D eigenvalue weighted by molar-refractivity contribution is -0.142. The lowest BCUT2D eigenvalue weighted by Crippen LogP contribution is -2.38. The number of fused-ring (bicyclic) bond motifs is 1. The van der Waals surface area contributed by atoms with Crippen molar-refractivity contribution in [3.05, 3.63) is 29.3 Å². The number of hydrogen-bond donors (Lipinski definition) is 1. The highest BCUT2D eigenvalue weighted by Crippen LogP contribution is 2.37. The molecule has 0 aromatic heterocycles. The molecule has 23 heavy (non-hydrogen) atoms. The zero-order valence-electron chi connectivity index (χ0n) is 13.6. The van der Waals surface area contributed by atoms with E-state index in [0.717, 1.165) is 47.4 Å². The van der Waals surface area contributed by atoms with Crippen LogP contribution < -0.4 is 5.32 Å². The molecule has 1 aliphatic carbocycles. The first-order valence-electron chi connectivity index (χ1n) is 8.19. The van der Waals surface area contributed by atoms with Crippen molar-refractivity contribution in [3.63, 3.8) is 0 Å². The van der Waals surface area contributed by atoms with Crippen LogP contribution in [-0.2, 0) is 14.4 Å². The van der Waals surface area contributed by atoms with Gasteiger partial charge in [-0.15, -0.1) is 0 Å². The Morgan fingerprint density at radius 2 is 1.74 bits per heavy atom. The Morgan fingerprint density at radius 1 is 1.13 bits per heavy atom. The molecule has 1 aromatic carbocycles. The number of aryl methyl sites for hydroxylation is 2. The molecule has 2 fully saturated rings. The van der Waals surface area contributed by atoms with Gasteiger partial charge in [0, 0.05) is 5.69 Å². The highest BCUT2D eigenvalue weighted by Gasteiger charge is 2.48. The second-order valence-corrected chi connectivity index (χ2v) is 6.63. The van der Waals surface area contributed by atoms with Gasteiger partial charge in [-0.2, -0.15) is 0 Å². The van der Waals surface area contributed by atoms with E-state index in [1.807, 2.05) is 32.0 Å². The molecule has 1 aliphatic heterocycles. The topological polar surface area (TPSA) is 66.5 Å². The second-order valence-electron chi connectivity index (χ2n) is 6.63. The molecular formula is C18H22N2O3. The summed E-state index contributed by atoms with van der Waals surface area (Å²) in [5, 5.41) is 2.82. The van der Waals surface area contributed by atoms with Crippen molar-refractivity contribution in [1.29, 1.82) is 0 Å². The number of carbonyl (C=O) groups excluding carboxylic acids is 3. The van der Waals surface area contributed by atoms with Crippen LogP contribution in [-0.4, -0.2) is 29.2 Å². The van der Waals surface area contributed by atoms with Crippen molar-refractivity contribution in [2.45, 2.75) is 39.5 Å². The molecule has 0 radical (unpaired) electrons. The summed E-state index contributed by atoms with van der Waals surface area (Å²) in [5.41, 5.74) is 2.73. The first-order valence-corrected chi connectivity index (χ1v) is 8.19. The van der Waals surface area contributed by atoms with E-state index in [0.29, 0.717) is 0 Å². The molecule has 122 valence electrons. The van der Waals surface area contributed by atoms with Crippen molar-refractivity contribution >= 4 is 23.4 Å². The number of likely N-dealkylation sites (tertiary alicyclic amines) is 1. The average molecular weight is 314 g/mol. The number of nitrogens with one attached hydrogen (secondary N) is 1. The fraction of sp³-hybridized carbons (Fsp3) is 0.500. The van der Waals surface area contributed by atoms with Gasteiger partial charge in [0.15, 0.2) is 0 Å². The fourth-order valence-electron chi connectivity index (χ4n) is 3.59. The molecule has 0 spiro atoms. The SMILES string of the molecule is Cc1ccc(C)c(NC(=O)CN2C(=O)[C@@H]3CCCC[C@H]3C2=O)c1. The van der Waals surface area contributed by atoms with Gasteiger partial charge in [0.25, 0.3) is 0 Å². The molecule has 1 saturated carbocycles. The minimum Gasteiger partial charge on any atom is -0.324 e. The van der Waals surface area contributed by atoms with Gasteiger partial charge in [-0.05, 0) is 43.9 Å². The van der Waals surface area contributed by atoms with Crippen LogP contribution in [0.1, 0.15) is 36.8 Å². The Morgan fingerprint density at radius 3 is 2.35 bits per heavy atom. The minimum absolute atomic E-state index is 0.171. The molecule has 2 aliphatic rings. The van der Waals surface area contributed by atoms with Crippen molar-refractivity contribution < 1.29 is 14.4 Å². The first-order chi connectivity index (χ1) is 11.0. The zero-order chi connectivity index (χ0) is 16.6. The van der Waals surface area contributed by atoms with E-state index in [-0.39, 0.29) is 36.1 Å². The number of imide groups is 1. The molecule has 0 unspecified atom stereocenters. The normalized spacial score (nSPS) is 23.8. The molecule has 5 heteroatoms. The third-order valence-electron chi connectivity index (χ3n) is 4.90. The average Bonchev–Trinajstić information content (AvgIpc) is 2.76. The van der Waals surface area contributed by atoms with Gasteiger partial charge in [0.1, 0.15) is 6.54 Å². The summed E-state index contributed by atoms with van der Waals surface area (Å²) in [7, 11) is 0. The summed E-state index contributed by atoms with van der Waals surface area (Å²) >= 11 is 0. The van der Waals surface area contributed by atoms with Crippen molar-refractivity contribution in [2.75, 3.05) is 11.9 Å². The zero-order valence-corrected chi connectivity index (χ0v) is 13.6.